The van der Waals surface area contributed by atoms with Gasteiger partial charge in [-0.2, -0.15) is 0 Å². The van der Waals surface area contributed by atoms with Crippen molar-refractivity contribution in [3.63, 3.8) is 0 Å². The molecule has 0 aliphatic heterocycles. The molecule has 3 N–H and O–H groups in total. The van der Waals surface area contributed by atoms with Crippen LogP contribution in [0.1, 0.15) is 27.7 Å². The van der Waals surface area contributed by atoms with Crippen LogP contribution < -0.4 is 16.2 Å². The van der Waals surface area contributed by atoms with Gasteiger partial charge < -0.3 is 5.32 Å². The van der Waals surface area contributed by atoms with Gasteiger partial charge in [0.25, 0.3) is 0 Å². The van der Waals surface area contributed by atoms with Crippen molar-refractivity contribution in [1.82, 2.24) is 16.2 Å². The minimum Gasteiger partial charge on any atom is -0.336 e. The van der Waals surface area contributed by atoms with Crippen LogP contribution in [0.4, 0.5) is 4.79 Å². The van der Waals surface area contributed by atoms with Gasteiger partial charge in [-0.25, -0.2) is 10.2 Å². The minimum atomic E-state index is -0.398. The van der Waals surface area contributed by atoms with E-state index in [1.165, 1.54) is 6.92 Å². The van der Waals surface area contributed by atoms with Crippen LogP contribution in [-0.4, -0.2) is 18.5 Å². The highest BCUT2D eigenvalue weighted by Gasteiger charge is 2.11. The molecule has 0 saturated heterocycles. The summed E-state index contributed by atoms with van der Waals surface area (Å²) in [6.45, 7) is 7.89. The van der Waals surface area contributed by atoms with Gasteiger partial charge in [0.2, 0.25) is 5.91 Å². The van der Waals surface area contributed by atoms with Crippen molar-refractivity contribution in [3.05, 3.63) is 0 Å². The molecular weight excluding hydrogens is 170 g/mol. The van der Waals surface area contributed by atoms with Crippen LogP contribution in [-0.2, 0) is 4.79 Å². The summed E-state index contributed by atoms with van der Waals surface area (Å²) in [5.41, 5.74) is 4.42. The van der Waals surface area contributed by atoms with E-state index in [-0.39, 0.29) is 11.3 Å². The third-order valence-electron chi connectivity index (χ3n) is 1.13. The molecule has 0 unspecified atom stereocenters. The first kappa shape index (κ1) is 11.7. The third kappa shape index (κ3) is 8.65. The van der Waals surface area contributed by atoms with Gasteiger partial charge in [0, 0.05) is 13.5 Å². The topological polar surface area (TPSA) is 70.2 Å². The Hall–Kier alpha value is -1.26. The molecule has 0 rings (SSSR count). The van der Waals surface area contributed by atoms with Crippen LogP contribution in [0.2, 0.25) is 0 Å². The van der Waals surface area contributed by atoms with Crippen LogP contribution in [0, 0.1) is 5.41 Å². The molecule has 0 radical (unpaired) electrons. The van der Waals surface area contributed by atoms with Gasteiger partial charge in [-0.3, -0.25) is 10.2 Å². The van der Waals surface area contributed by atoms with Gasteiger partial charge in [-0.05, 0) is 5.41 Å². The standard InChI is InChI=1S/C8H17N3O2/c1-6(12)10-11-7(13)9-5-8(2,3)4/h5H2,1-4H3,(H,10,12)(H2,9,11,13). The van der Waals surface area contributed by atoms with Gasteiger partial charge in [-0.1, -0.05) is 20.8 Å². The summed E-state index contributed by atoms with van der Waals surface area (Å²) in [7, 11) is 0. The Labute approximate surface area is 78.2 Å². The molecule has 0 aromatic rings. The maximum atomic E-state index is 11.0. The lowest BCUT2D eigenvalue weighted by Gasteiger charge is -2.18. The highest BCUT2D eigenvalue weighted by molar-refractivity contribution is 5.79. The lowest BCUT2D eigenvalue weighted by molar-refractivity contribution is -0.119. The van der Waals surface area contributed by atoms with E-state index in [9.17, 15) is 9.59 Å². The molecule has 0 aliphatic rings. The zero-order chi connectivity index (χ0) is 10.5. The fourth-order valence-corrected chi connectivity index (χ4v) is 0.534. The SMILES string of the molecule is CC(=O)NNC(=O)NCC(C)(C)C. The Morgan fingerprint density at radius 2 is 1.69 bits per heavy atom. The molecule has 0 atom stereocenters. The van der Waals surface area contributed by atoms with Crippen LogP contribution >= 0.6 is 0 Å². The molecule has 0 aromatic carbocycles. The molecule has 0 saturated carbocycles. The molecule has 5 heteroatoms. The number of nitrogens with one attached hydrogen (secondary N) is 3. The van der Waals surface area contributed by atoms with Crippen molar-refractivity contribution in [1.29, 1.82) is 0 Å². The first-order valence-electron chi connectivity index (χ1n) is 4.12. The van der Waals surface area contributed by atoms with E-state index in [1.54, 1.807) is 0 Å². The third-order valence-corrected chi connectivity index (χ3v) is 1.13. The molecular formula is C8H17N3O2. The van der Waals surface area contributed by atoms with E-state index in [2.05, 4.69) is 16.2 Å². The quantitative estimate of drug-likeness (QED) is 0.519. The molecule has 3 amide bonds. The Balaban J connectivity index is 3.58. The fraction of sp³-hybridized carbons (Fsp3) is 0.750. The second-order valence-electron chi connectivity index (χ2n) is 4.05. The lowest BCUT2D eigenvalue weighted by atomic mass is 9.97. The molecule has 0 heterocycles. The monoisotopic (exact) mass is 187 g/mol. The average molecular weight is 187 g/mol. The Morgan fingerprint density at radius 1 is 1.15 bits per heavy atom. The number of urea groups is 1. The lowest BCUT2D eigenvalue weighted by Crippen LogP contribution is -2.47. The van der Waals surface area contributed by atoms with E-state index in [0.717, 1.165) is 0 Å². The molecule has 0 bridgehead atoms. The summed E-state index contributed by atoms with van der Waals surface area (Å²) in [5.74, 6) is -0.300. The molecule has 76 valence electrons. The summed E-state index contributed by atoms with van der Waals surface area (Å²) in [5, 5.41) is 2.61. The van der Waals surface area contributed by atoms with Crippen molar-refractivity contribution in [2.24, 2.45) is 5.41 Å². The summed E-state index contributed by atoms with van der Waals surface area (Å²) in [6.07, 6.45) is 0. The maximum absolute atomic E-state index is 11.0. The summed E-state index contributed by atoms with van der Waals surface area (Å²) in [4.78, 5) is 21.4. The number of hydrazine groups is 1. The van der Waals surface area contributed by atoms with Crippen molar-refractivity contribution < 1.29 is 9.59 Å². The highest BCUT2D eigenvalue weighted by Crippen LogP contribution is 2.09. The van der Waals surface area contributed by atoms with Gasteiger partial charge >= 0.3 is 6.03 Å². The van der Waals surface area contributed by atoms with Crippen LogP contribution in [0.5, 0.6) is 0 Å². The number of hydrogen-bond donors (Lipinski definition) is 3. The smallest absolute Gasteiger partial charge is 0.333 e. The van der Waals surface area contributed by atoms with Gasteiger partial charge in [0.05, 0.1) is 0 Å². The largest absolute Gasteiger partial charge is 0.336 e. The fourth-order valence-electron chi connectivity index (χ4n) is 0.534. The molecule has 0 spiro atoms. The number of carbonyl (C=O) groups excluding carboxylic acids is 2. The molecule has 13 heavy (non-hydrogen) atoms. The number of rotatable bonds is 1. The summed E-state index contributed by atoms with van der Waals surface area (Å²) < 4.78 is 0. The highest BCUT2D eigenvalue weighted by atomic mass is 16.2. The Bertz CT molecular complexity index is 196. The maximum Gasteiger partial charge on any atom is 0.333 e. The van der Waals surface area contributed by atoms with E-state index >= 15 is 0 Å². The molecule has 0 aliphatic carbocycles. The number of carbonyl (C=O) groups is 2. The first-order chi connectivity index (χ1) is 5.81. The predicted molar refractivity (Wildman–Crippen MR) is 49.8 cm³/mol. The molecule has 0 fully saturated rings. The van der Waals surface area contributed by atoms with Gasteiger partial charge in [-0.15, -0.1) is 0 Å². The van der Waals surface area contributed by atoms with Crippen molar-refractivity contribution in [2.75, 3.05) is 6.54 Å². The minimum absolute atomic E-state index is 0.0353. The Kier molecular flexibility index (Phi) is 4.23. The zero-order valence-corrected chi connectivity index (χ0v) is 8.52. The first-order valence-corrected chi connectivity index (χ1v) is 4.12. The van der Waals surface area contributed by atoms with Crippen LogP contribution in [0.15, 0.2) is 0 Å². The van der Waals surface area contributed by atoms with E-state index in [0.29, 0.717) is 6.54 Å². The Morgan fingerprint density at radius 3 is 2.08 bits per heavy atom. The summed E-state index contributed by atoms with van der Waals surface area (Å²) >= 11 is 0. The second kappa shape index (κ2) is 4.69. The number of amides is 3. The van der Waals surface area contributed by atoms with E-state index in [1.807, 2.05) is 20.8 Å². The average Bonchev–Trinajstić information content (AvgIpc) is 1.95. The van der Waals surface area contributed by atoms with Gasteiger partial charge in [0.15, 0.2) is 0 Å². The van der Waals surface area contributed by atoms with Crippen molar-refractivity contribution in [3.8, 4) is 0 Å². The number of hydrogen-bond acceptors (Lipinski definition) is 2. The normalized spacial score (nSPS) is 10.5. The van der Waals surface area contributed by atoms with Gasteiger partial charge in [0.1, 0.15) is 0 Å². The van der Waals surface area contributed by atoms with Crippen molar-refractivity contribution >= 4 is 11.9 Å². The van der Waals surface area contributed by atoms with E-state index < -0.39 is 6.03 Å². The van der Waals surface area contributed by atoms with Crippen molar-refractivity contribution in [2.45, 2.75) is 27.7 Å². The summed E-state index contributed by atoms with van der Waals surface area (Å²) in [6, 6.07) is -0.398. The molecule has 0 aromatic heterocycles. The van der Waals surface area contributed by atoms with Crippen LogP contribution in [0.3, 0.4) is 0 Å². The molecule has 5 nitrogen and oxygen atoms in total. The van der Waals surface area contributed by atoms with Crippen LogP contribution in [0.25, 0.3) is 0 Å². The van der Waals surface area contributed by atoms with E-state index in [4.69, 9.17) is 0 Å². The second-order valence-corrected chi connectivity index (χ2v) is 4.05. The zero-order valence-electron chi connectivity index (χ0n) is 8.52. The predicted octanol–water partition coefficient (Wildman–Crippen LogP) is 0.383.